The van der Waals surface area contributed by atoms with E-state index < -0.39 is 14.6 Å². The molecule has 0 unspecified atom stereocenters. The van der Waals surface area contributed by atoms with E-state index in [1.54, 1.807) is 35.2 Å². The number of carbonyl (C=O) groups is 1. The smallest absolute Gasteiger partial charge is 0.244 e. The maximum absolute atomic E-state index is 12.6. The molecule has 1 aliphatic rings. The van der Waals surface area contributed by atoms with Crippen LogP contribution in [-0.4, -0.2) is 37.1 Å². The molecule has 2 rings (SSSR count). The average Bonchev–Trinajstić information content (AvgIpc) is 3.23. The van der Waals surface area contributed by atoms with Crippen molar-refractivity contribution in [1.29, 1.82) is 0 Å². The van der Waals surface area contributed by atoms with Gasteiger partial charge in [0.25, 0.3) is 0 Å². The van der Waals surface area contributed by atoms with Crippen LogP contribution in [0, 0.1) is 0 Å². The van der Waals surface area contributed by atoms with E-state index in [-0.39, 0.29) is 10.8 Å². The molecular weight excluding hydrogens is 262 g/mol. The van der Waals surface area contributed by atoms with Gasteiger partial charge in [0.2, 0.25) is 5.91 Å². The van der Waals surface area contributed by atoms with Crippen LogP contribution in [0.15, 0.2) is 35.2 Å². The third-order valence-corrected chi connectivity index (χ3v) is 6.22. The summed E-state index contributed by atoms with van der Waals surface area (Å²) in [6, 6.07) is 8.26. The minimum absolute atomic E-state index is 0.244. The largest absolute Gasteiger partial charge is 0.342 e. The quantitative estimate of drug-likeness (QED) is 0.828. The molecule has 1 amide bonds. The third kappa shape index (κ3) is 2.16. The molecule has 0 radical (unpaired) electrons. The van der Waals surface area contributed by atoms with Crippen LogP contribution in [0.1, 0.15) is 26.7 Å². The molecule has 0 saturated heterocycles. The molecule has 1 aromatic rings. The SMILES string of the molecule is CCN(CC)C(=O)C1(S(=O)(=O)c2ccccc2)CC1. The summed E-state index contributed by atoms with van der Waals surface area (Å²) in [4.78, 5) is 14.3. The van der Waals surface area contributed by atoms with Crippen LogP contribution in [0.5, 0.6) is 0 Å². The van der Waals surface area contributed by atoms with Crippen LogP contribution in [0.3, 0.4) is 0 Å². The summed E-state index contributed by atoms with van der Waals surface area (Å²) >= 11 is 0. The second kappa shape index (κ2) is 4.96. The van der Waals surface area contributed by atoms with Gasteiger partial charge in [-0.05, 0) is 38.8 Å². The highest BCUT2D eigenvalue weighted by Gasteiger charge is 2.62. The molecule has 1 saturated carbocycles. The Morgan fingerprint density at radius 3 is 2.11 bits per heavy atom. The highest BCUT2D eigenvalue weighted by atomic mass is 32.2. The molecule has 104 valence electrons. The summed E-state index contributed by atoms with van der Waals surface area (Å²) in [7, 11) is -3.58. The fourth-order valence-electron chi connectivity index (χ4n) is 2.34. The van der Waals surface area contributed by atoms with Crippen LogP contribution >= 0.6 is 0 Å². The van der Waals surface area contributed by atoms with Crippen molar-refractivity contribution in [2.45, 2.75) is 36.3 Å². The minimum atomic E-state index is -3.58. The van der Waals surface area contributed by atoms with Crippen LogP contribution < -0.4 is 0 Å². The van der Waals surface area contributed by atoms with Crippen molar-refractivity contribution in [3.05, 3.63) is 30.3 Å². The number of rotatable bonds is 5. The van der Waals surface area contributed by atoms with Crippen molar-refractivity contribution in [3.8, 4) is 0 Å². The number of hydrogen-bond acceptors (Lipinski definition) is 3. The zero-order valence-electron chi connectivity index (χ0n) is 11.3. The van der Waals surface area contributed by atoms with Crippen LogP contribution in [0.2, 0.25) is 0 Å². The highest BCUT2D eigenvalue weighted by Crippen LogP contribution is 2.48. The van der Waals surface area contributed by atoms with E-state index in [9.17, 15) is 13.2 Å². The molecule has 0 spiro atoms. The van der Waals surface area contributed by atoms with Crippen molar-refractivity contribution in [1.82, 2.24) is 4.90 Å². The molecule has 4 nitrogen and oxygen atoms in total. The number of hydrogen-bond donors (Lipinski definition) is 0. The van der Waals surface area contributed by atoms with Gasteiger partial charge >= 0.3 is 0 Å². The van der Waals surface area contributed by atoms with E-state index in [1.165, 1.54) is 0 Å². The predicted molar refractivity (Wildman–Crippen MR) is 73.5 cm³/mol. The van der Waals surface area contributed by atoms with E-state index in [4.69, 9.17) is 0 Å². The lowest BCUT2D eigenvalue weighted by molar-refractivity contribution is -0.131. The Morgan fingerprint density at radius 2 is 1.68 bits per heavy atom. The molecule has 0 atom stereocenters. The summed E-state index contributed by atoms with van der Waals surface area (Å²) in [5, 5.41) is 0. The van der Waals surface area contributed by atoms with Gasteiger partial charge in [-0.1, -0.05) is 18.2 Å². The van der Waals surface area contributed by atoms with Gasteiger partial charge < -0.3 is 4.90 Å². The Labute approximate surface area is 114 Å². The number of benzene rings is 1. The Kier molecular flexibility index (Phi) is 3.67. The number of sulfone groups is 1. The molecular formula is C14H19NO3S. The van der Waals surface area contributed by atoms with Gasteiger partial charge in [0.15, 0.2) is 14.6 Å². The summed E-state index contributed by atoms with van der Waals surface area (Å²) < 4.78 is 24.1. The van der Waals surface area contributed by atoms with Crippen molar-refractivity contribution in [2.24, 2.45) is 0 Å². The van der Waals surface area contributed by atoms with Gasteiger partial charge in [0, 0.05) is 13.1 Å². The topological polar surface area (TPSA) is 54.5 Å². The van der Waals surface area contributed by atoms with Gasteiger partial charge in [-0.25, -0.2) is 8.42 Å². The fourth-order valence-corrected chi connectivity index (χ4v) is 4.30. The maximum Gasteiger partial charge on any atom is 0.244 e. The van der Waals surface area contributed by atoms with Crippen molar-refractivity contribution >= 4 is 15.7 Å². The van der Waals surface area contributed by atoms with E-state index in [0.29, 0.717) is 25.9 Å². The number of amides is 1. The van der Waals surface area contributed by atoms with Gasteiger partial charge in [-0.15, -0.1) is 0 Å². The normalized spacial score (nSPS) is 16.9. The first-order valence-corrected chi connectivity index (χ1v) is 8.07. The van der Waals surface area contributed by atoms with Crippen molar-refractivity contribution < 1.29 is 13.2 Å². The average molecular weight is 281 g/mol. The molecule has 0 aliphatic heterocycles. The van der Waals surface area contributed by atoms with Gasteiger partial charge in [0.05, 0.1) is 4.90 Å². The first-order chi connectivity index (χ1) is 8.99. The van der Waals surface area contributed by atoms with Gasteiger partial charge in [0.1, 0.15) is 0 Å². The number of carbonyl (C=O) groups excluding carboxylic acids is 1. The Morgan fingerprint density at radius 1 is 1.16 bits per heavy atom. The summed E-state index contributed by atoms with van der Waals surface area (Å²) in [6.07, 6.45) is 0.860. The molecule has 0 heterocycles. The van der Waals surface area contributed by atoms with Crippen LogP contribution in [-0.2, 0) is 14.6 Å². The lowest BCUT2D eigenvalue weighted by Crippen LogP contribution is -2.44. The first kappa shape index (κ1) is 14.1. The molecule has 0 bridgehead atoms. The maximum atomic E-state index is 12.6. The Hall–Kier alpha value is -1.36. The summed E-state index contributed by atoms with van der Waals surface area (Å²) in [5.74, 6) is -0.249. The molecule has 1 fully saturated rings. The van der Waals surface area contributed by atoms with E-state index in [0.717, 1.165) is 0 Å². The second-order valence-corrected chi connectivity index (χ2v) is 7.05. The predicted octanol–water partition coefficient (Wildman–Crippen LogP) is 1.86. The fraction of sp³-hybridized carbons (Fsp3) is 0.500. The third-order valence-electron chi connectivity index (χ3n) is 3.71. The van der Waals surface area contributed by atoms with E-state index in [2.05, 4.69) is 0 Å². The molecule has 19 heavy (non-hydrogen) atoms. The van der Waals surface area contributed by atoms with E-state index >= 15 is 0 Å². The monoisotopic (exact) mass is 281 g/mol. The van der Waals surface area contributed by atoms with Crippen LogP contribution in [0.4, 0.5) is 0 Å². The molecule has 0 N–H and O–H groups in total. The Bertz CT molecular complexity index is 558. The lowest BCUT2D eigenvalue weighted by Gasteiger charge is -2.24. The summed E-state index contributed by atoms with van der Waals surface area (Å²) in [6.45, 7) is 4.82. The summed E-state index contributed by atoms with van der Waals surface area (Å²) in [5.41, 5.74) is 0. The molecule has 1 aromatic carbocycles. The molecule has 1 aliphatic carbocycles. The number of nitrogens with zero attached hydrogens (tertiary/aromatic N) is 1. The second-order valence-electron chi connectivity index (χ2n) is 4.79. The standard InChI is InChI=1S/C14H19NO3S/c1-3-15(4-2)13(16)14(10-11-14)19(17,18)12-8-6-5-7-9-12/h5-9H,3-4,10-11H2,1-2H3. The van der Waals surface area contributed by atoms with Crippen molar-refractivity contribution in [3.63, 3.8) is 0 Å². The first-order valence-electron chi connectivity index (χ1n) is 6.58. The minimum Gasteiger partial charge on any atom is -0.342 e. The highest BCUT2D eigenvalue weighted by molar-refractivity contribution is 7.94. The zero-order valence-corrected chi connectivity index (χ0v) is 12.1. The van der Waals surface area contributed by atoms with Crippen molar-refractivity contribution in [2.75, 3.05) is 13.1 Å². The zero-order chi connectivity index (χ0) is 14.1. The molecule has 5 heteroatoms. The van der Waals surface area contributed by atoms with E-state index in [1.807, 2.05) is 13.8 Å². The Balaban J connectivity index is 2.38. The molecule has 0 aromatic heterocycles. The lowest BCUT2D eigenvalue weighted by atomic mass is 10.3. The van der Waals surface area contributed by atoms with Gasteiger partial charge in [-0.2, -0.15) is 0 Å². The van der Waals surface area contributed by atoms with Crippen LogP contribution in [0.25, 0.3) is 0 Å². The van der Waals surface area contributed by atoms with Gasteiger partial charge in [-0.3, -0.25) is 4.79 Å².